The third kappa shape index (κ3) is 5.46. The summed E-state index contributed by atoms with van der Waals surface area (Å²) in [7, 11) is 0. The summed E-state index contributed by atoms with van der Waals surface area (Å²) in [5.74, 6) is -0.881. The molecule has 0 amide bonds. The second-order valence-corrected chi connectivity index (χ2v) is 8.88. The maximum Gasteiger partial charge on any atom is 0.573 e. The largest absolute Gasteiger partial charge is 0.573 e. The number of aromatic nitrogens is 1. The molecule has 0 fully saturated rings. The molecule has 3 rings (SSSR count). The Kier molecular flexibility index (Phi) is 6.22. The van der Waals surface area contributed by atoms with Crippen LogP contribution in [0.25, 0.3) is 10.9 Å². The van der Waals surface area contributed by atoms with Gasteiger partial charge in [0.25, 0.3) is 0 Å². The molecule has 2 aromatic carbocycles. The Hall–Kier alpha value is -2.38. The SMILES string of the molecule is Cc1cc(OC(F)(F)F)cc2[nH]cc(Cc3c(Cl)ccc(C(=O)OC(C)(C)C)c3Cl)c12. The lowest BCUT2D eigenvalue weighted by Crippen LogP contribution is -2.24. The maximum absolute atomic E-state index is 12.6. The van der Waals surface area contributed by atoms with E-state index < -0.39 is 17.9 Å². The number of carbonyl (C=O) groups excluding carboxylic acids is 1. The van der Waals surface area contributed by atoms with Gasteiger partial charge in [0.2, 0.25) is 0 Å². The van der Waals surface area contributed by atoms with E-state index in [9.17, 15) is 18.0 Å². The number of ether oxygens (including phenoxy) is 2. The number of aryl methyl sites for hydroxylation is 1. The second kappa shape index (κ2) is 8.28. The highest BCUT2D eigenvalue weighted by atomic mass is 35.5. The fourth-order valence-corrected chi connectivity index (χ4v) is 3.89. The van der Waals surface area contributed by atoms with Gasteiger partial charge in [-0.1, -0.05) is 23.2 Å². The van der Waals surface area contributed by atoms with E-state index in [2.05, 4.69) is 9.72 Å². The third-order valence-electron chi connectivity index (χ3n) is 4.44. The van der Waals surface area contributed by atoms with Crippen molar-refractivity contribution in [2.75, 3.05) is 0 Å². The van der Waals surface area contributed by atoms with Gasteiger partial charge in [0.15, 0.2) is 0 Å². The first-order valence-electron chi connectivity index (χ1n) is 9.32. The number of fused-ring (bicyclic) bond motifs is 1. The van der Waals surface area contributed by atoms with Gasteiger partial charge in [0.1, 0.15) is 11.4 Å². The van der Waals surface area contributed by atoms with E-state index in [0.717, 1.165) is 10.9 Å². The summed E-state index contributed by atoms with van der Waals surface area (Å²) in [4.78, 5) is 15.5. The summed E-state index contributed by atoms with van der Waals surface area (Å²) >= 11 is 12.9. The van der Waals surface area contributed by atoms with Crippen LogP contribution in [0.1, 0.15) is 47.8 Å². The first-order valence-corrected chi connectivity index (χ1v) is 10.1. The molecule has 1 aromatic heterocycles. The zero-order valence-corrected chi connectivity index (χ0v) is 18.7. The highest BCUT2D eigenvalue weighted by Gasteiger charge is 2.31. The Morgan fingerprint density at radius 2 is 1.81 bits per heavy atom. The van der Waals surface area contributed by atoms with E-state index in [-0.39, 0.29) is 22.8 Å². The smallest absolute Gasteiger partial charge is 0.456 e. The van der Waals surface area contributed by atoms with Crippen LogP contribution in [0, 0.1) is 6.92 Å². The van der Waals surface area contributed by atoms with E-state index in [4.69, 9.17) is 27.9 Å². The van der Waals surface area contributed by atoms with E-state index in [1.165, 1.54) is 18.2 Å². The average molecular weight is 474 g/mol. The highest BCUT2D eigenvalue weighted by molar-refractivity contribution is 6.38. The first kappa shape index (κ1) is 23.3. The van der Waals surface area contributed by atoms with E-state index in [1.54, 1.807) is 40.0 Å². The van der Waals surface area contributed by atoms with Gasteiger partial charge in [0.05, 0.1) is 10.6 Å². The van der Waals surface area contributed by atoms with Gasteiger partial charge in [0, 0.05) is 34.6 Å². The van der Waals surface area contributed by atoms with Crippen molar-refractivity contribution in [3.8, 4) is 5.75 Å². The average Bonchev–Trinajstić information content (AvgIpc) is 2.98. The molecule has 0 bridgehead atoms. The van der Waals surface area contributed by atoms with E-state index >= 15 is 0 Å². The minimum atomic E-state index is -4.78. The number of benzene rings is 2. The molecule has 0 saturated carbocycles. The Bertz CT molecular complexity index is 1150. The Labute approximate surface area is 187 Å². The molecule has 9 heteroatoms. The Morgan fingerprint density at radius 1 is 1.13 bits per heavy atom. The van der Waals surface area contributed by atoms with Crippen molar-refractivity contribution >= 4 is 40.1 Å². The third-order valence-corrected chi connectivity index (χ3v) is 5.22. The molecular weight excluding hydrogens is 454 g/mol. The molecule has 1 N–H and O–H groups in total. The summed E-state index contributed by atoms with van der Waals surface area (Å²) in [5.41, 5.74) is 1.84. The molecule has 31 heavy (non-hydrogen) atoms. The number of nitrogens with one attached hydrogen (secondary N) is 1. The topological polar surface area (TPSA) is 51.3 Å². The molecule has 0 aliphatic heterocycles. The highest BCUT2D eigenvalue weighted by Crippen LogP contribution is 2.35. The van der Waals surface area contributed by atoms with Crippen LogP contribution in [0.15, 0.2) is 30.5 Å². The molecule has 0 saturated heterocycles. The van der Waals surface area contributed by atoms with Crippen molar-refractivity contribution in [2.45, 2.75) is 46.1 Å². The number of hydrogen-bond donors (Lipinski definition) is 1. The van der Waals surface area contributed by atoms with Gasteiger partial charge >= 0.3 is 12.3 Å². The second-order valence-electron chi connectivity index (χ2n) is 8.09. The number of carbonyl (C=O) groups is 1. The zero-order chi connectivity index (χ0) is 23.1. The fourth-order valence-electron chi connectivity index (χ4n) is 3.30. The van der Waals surface area contributed by atoms with Crippen LogP contribution in [0.2, 0.25) is 10.0 Å². The summed E-state index contributed by atoms with van der Waals surface area (Å²) in [5, 5.41) is 1.26. The molecule has 0 aliphatic carbocycles. The molecule has 0 atom stereocenters. The van der Waals surface area contributed by atoms with Gasteiger partial charge in [-0.25, -0.2) is 4.79 Å². The van der Waals surface area contributed by atoms with Crippen molar-refractivity contribution in [3.05, 3.63) is 62.8 Å². The van der Waals surface area contributed by atoms with Crippen molar-refractivity contribution in [2.24, 2.45) is 0 Å². The lowest BCUT2D eigenvalue weighted by molar-refractivity contribution is -0.274. The number of H-pyrrole nitrogens is 1. The minimum Gasteiger partial charge on any atom is -0.456 e. The zero-order valence-electron chi connectivity index (χ0n) is 17.2. The number of aromatic amines is 1. The maximum atomic E-state index is 12.6. The van der Waals surface area contributed by atoms with Crippen LogP contribution in [0.4, 0.5) is 13.2 Å². The number of hydrogen-bond acceptors (Lipinski definition) is 3. The number of rotatable bonds is 4. The van der Waals surface area contributed by atoms with Crippen LogP contribution >= 0.6 is 23.2 Å². The predicted molar refractivity (Wildman–Crippen MR) is 114 cm³/mol. The van der Waals surface area contributed by atoms with Crippen molar-refractivity contribution in [1.29, 1.82) is 0 Å². The fraction of sp³-hybridized carbons (Fsp3) is 0.318. The standard InChI is InChI=1S/C22H20Cl2F3NO3/c1-11-7-13(30-22(25,26)27)9-17-18(11)12(10-28-17)8-15-16(23)6-5-14(19(15)24)20(29)31-21(2,3)4/h5-7,9-10,28H,8H2,1-4H3. The van der Waals surface area contributed by atoms with Gasteiger partial charge in [-0.05, 0) is 62.6 Å². The summed E-state index contributed by atoms with van der Waals surface area (Å²) in [6.45, 7) is 6.94. The molecule has 4 nitrogen and oxygen atoms in total. The molecule has 3 aromatic rings. The normalized spacial score (nSPS) is 12.3. The number of alkyl halides is 3. The molecule has 0 spiro atoms. The van der Waals surface area contributed by atoms with Gasteiger partial charge in [-0.3, -0.25) is 0 Å². The molecule has 0 unspecified atom stereocenters. The Balaban J connectivity index is 1.99. The van der Waals surface area contributed by atoms with Crippen LogP contribution in [0.3, 0.4) is 0 Å². The predicted octanol–water partition coefficient (Wildman–Crippen LogP) is 7.23. The molecule has 166 valence electrons. The molecule has 0 radical (unpaired) electrons. The van der Waals surface area contributed by atoms with Crippen LogP contribution in [0.5, 0.6) is 5.75 Å². The van der Waals surface area contributed by atoms with Crippen LogP contribution in [-0.2, 0) is 11.2 Å². The van der Waals surface area contributed by atoms with E-state index in [0.29, 0.717) is 21.7 Å². The number of esters is 1. The van der Waals surface area contributed by atoms with Crippen LogP contribution < -0.4 is 4.74 Å². The lowest BCUT2D eigenvalue weighted by atomic mass is 9.99. The lowest BCUT2D eigenvalue weighted by Gasteiger charge is -2.20. The van der Waals surface area contributed by atoms with Crippen molar-refractivity contribution < 1.29 is 27.4 Å². The van der Waals surface area contributed by atoms with Crippen LogP contribution in [-0.4, -0.2) is 22.9 Å². The number of halogens is 5. The van der Waals surface area contributed by atoms with Gasteiger partial charge < -0.3 is 14.5 Å². The van der Waals surface area contributed by atoms with Crippen molar-refractivity contribution in [3.63, 3.8) is 0 Å². The quantitative estimate of drug-likeness (QED) is 0.406. The molecule has 0 aliphatic rings. The van der Waals surface area contributed by atoms with Gasteiger partial charge in [-0.2, -0.15) is 0 Å². The minimum absolute atomic E-state index is 0.172. The first-order chi connectivity index (χ1) is 14.2. The monoisotopic (exact) mass is 473 g/mol. The summed E-state index contributed by atoms with van der Waals surface area (Å²) in [6, 6.07) is 5.66. The summed E-state index contributed by atoms with van der Waals surface area (Å²) < 4.78 is 47.1. The van der Waals surface area contributed by atoms with Crippen molar-refractivity contribution in [1.82, 2.24) is 4.98 Å². The Morgan fingerprint density at radius 3 is 2.42 bits per heavy atom. The molecular formula is C22H20Cl2F3NO3. The summed E-state index contributed by atoms with van der Waals surface area (Å²) in [6.07, 6.45) is -2.85. The van der Waals surface area contributed by atoms with Gasteiger partial charge in [-0.15, -0.1) is 13.2 Å². The van der Waals surface area contributed by atoms with E-state index in [1.807, 2.05) is 0 Å². The molecule has 1 heterocycles.